The normalized spacial score (nSPS) is 18.1. The van der Waals surface area contributed by atoms with Crippen molar-refractivity contribution in [3.8, 4) is 5.75 Å². The molecule has 1 unspecified atom stereocenters. The number of anilines is 1. The SMILES string of the molecule is CC(C)Oc1cccc(/C(O)=C2/C(=O)C(=O)N(c3ccc(Cl)cc3)C2c2cccs2)c1. The molecule has 3 aromatic rings. The summed E-state index contributed by atoms with van der Waals surface area (Å²) >= 11 is 7.41. The van der Waals surface area contributed by atoms with Crippen LogP contribution in [0.15, 0.2) is 71.6 Å². The highest BCUT2D eigenvalue weighted by Gasteiger charge is 2.47. The van der Waals surface area contributed by atoms with Gasteiger partial charge in [-0.1, -0.05) is 29.8 Å². The van der Waals surface area contributed by atoms with Crippen LogP contribution in [0.3, 0.4) is 0 Å². The zero-order valence-electron chi connectivity index (χ0n) is 16.9. The second kappa shape index (κ2) is 8.57. The van der Waals surface area contributed by atoms with Crippen molar-refractivity contribution >= 4 is 46.1 Å². The van der Waals surface area contributed by atoms with Crippen LogP contribution < -0.4 is 9.64 Å². The smallest absolute Gasteiger partial charge is 0.300 e. The highest BCUT2D eigenvalue weighted by Crippen LogP contribution is 2.43. The van der Waals surface area contributed by atoms with E-state index < -0.39 is 17.7 Å². The van der Waals surface area contributed by atoms with Crippen LogP contribution >= 0.6 is 22.9 Å². The lowest BCUT2D eigenvalue weighted by atomic mass is 9.99. The van der Waals surface area contributed by atoms with E-state index in [-0.39, 0.29) is 17.4 Å². The van der Waals surface area contributed by atoms with E-state index in [9.17, 15) is 14.7 Å². The number of halogens is 1. The van der Waals surface area contributed by atoms with E-state index in [0.29, 0.717) is 22.0 Å². The van der Waals surface area contributed by atoms with Gasteiger partial charge in [-0.15, -0.1) is 11.3 Å². The van der Waals surface area contributed by atoms with Crippen LogP contribution in [0.4, 0.5) is 5.69 Å². The molecule has 0 radical (unpaired) electrons. The average Bonchev–Trinajstić information content (AvgIpc) is 3.35. The highest BCUT2D eigenvalue weighted by molar-refractivity contribution is 7.10. The van der Waals surface area contributed by atoms with Gasteiger partial charge in [0.05, 0.1) is 11.7 Å². The minimum atomic E-state index is -0.740. The van der Waals surface area contributed by atoms with Crippen LogP contribution in [0, 0.1) is 0 Å². The molecule has 1 atom stereocenters. The largest absolute Gasteiger partial charge is 0.507 e. The molecule has 0 bridgehead atoms. The van der Waals surface area contributed by atoms with Gasteiger partial charge in [-0.3, -0.25) is 14.5 Å². The van der Waals surface area contributed by atoms with Crippen LogP contribution in [0.2, 0.25) is 5.02 Å². The second-order valence-corrected chi connectivity index (χ2v) is 8.77. The number of hydrogen-bond donors (Lipinski definition) is 1. The first-order chi connectivity index (χ1) is 14.9. The maximum atomic E-state index is 13.1. The number of nitrogens with zero attached hydrogens (tertiary/aromatic N) is 1. The van der Waals surface area contributed by atoms with Gasteiger partial charge in [0.1, 0.15) is 17.6 Å². The number of benzene rings is 2. The first kappa shape index (κ1) is 21.2. The van der Waals surface area contributed by atoms with Gasteiger partial charge in [-0.05, 0) is 61.7 Å². The van der Waals surface area contributed by atoms with E-state index in [0.717, 1.165) is 4.88 Å². The fourth-order valence-corrected chi connectivity index (χ4v) is 4.51. The molecular weight excluding hydrogens is 434 g/mol. The number of rotatable bonds is 5. The third kappa shape index (κ3) is 4.09. The Kier molecular flexibility index (Phi) is 5.85. The Morgan fingerprint density at radius 2 is 1.84 bits per heavy atom. The maximum Gasteiger partial charge on any atom is 0.300 e. The number of aliphatic hydroxyl groups excluding tert-OH is 1. The molecule has 158 valence electrons. The van der Waals surface area contributed by atoms with Gasteiger partial charge in [0.15, 0.2) is 0 Å². The molecule has 7 heteroatoms. The molecule has 1 aromatic heterocycles. The molecule has 5 nitrogen and oxygen atoms in total. The molecule has 1 aliphatic rings. The summed E-state index contributed by atoms with van der Waals surface area (Å²) in [5.41, 5.74) is 0.985. The van der Waals surface area contributed by atoms with E-state index in [1.165, 1.54) is 16.2 Å². The number of carbonyl (C=O) groups excluding carboxylic acids is 2. The number of thiophene rings is 1. The number of aliphatic hydroxyl groups is 1. The van der Waals surface area contributed by atoms with Crippen molar-refractivity contribution in [3.63, 3.8) is 0 Å². The van der Waals surface area contributed by atoms with Gasteiger partial charge in [0, 0.05) is 21.2 Å². The third-order valence-corrected chi connectivity index (χ3v) is 6.02. The molecule has 4 rings (SSSR count). The lowest BCUT2D eigenvalue weighted by Crippen LogP contribution is -2.29. The average molecular weight is 454 g/mol. The van der Waals surface area contributed by atoms with Gasteiger partial charge in [-0.25, -0.2) is 0 Å². The molecule has 2 aromatic carbocycles. The summed E-state index contributed by atoms with van der Waals surface area (Å²) in [5.74, 6) is -1.10. The van der Waals surface area contributed by atoms with E-state index in [1.54, 1.807) is 48.5 Å². The second-order valence-electron chi connectivity index (χ2n) is 7.36. The van der Waals surface area contributed by atoms with Gasteiger partial charge in [0.2, 0.25) is 0 Å². The third-order valence-electron chi connectivity index (χ3n) is 4.84. The zero-order chi connectivity index (χ0) is 22.1. The first-order valence-corrected chi connectivity index (χ1v) is 11.0. The molecule has 31 heavy (non-hydrogen) atoms. The van der Waals surface area contributed by atoms with E-state index >= 15 is 0 Å². The molecule has 1 saturated heterocycles. The lowest BCUT2D eigenvalue weighted by molar-refractivity contribution is -0.132. The van der Waals surface area contributed by atoms with Gasteiger partial charge >= 0.3 is 0 Å². The Labute approximate surface area is 189 Å². The molecule has 1 fully saturated rings. The van der Waals surface area contributed by atoms with Crippen LogP contribution in [-0.2, 0) is 9.59 Å². The molecule has 1 aliphatic heterocycles. The highest BCUT2D eigenvalue weighted by atomic mass is 35.5. The van der Waals surface area contributed by atoms with Crippen molar-refractivity contribution in [1.29, 1.82) is 0 Å². The summed E-state index contributed by atoms with van der Waals surface area (Å²) in [5, 5.41) is 13.5. The monoisotopic (exact) mass is 453 g/mol. The number of carbonyl (C=O) groups is 2. The minimum Gasteiger partial charge on any atom is -0.507 e. The van der Waals surface area contributed by atoms with E-state index in [1.807, 2.05) is 31.4 Å². The maximum absolute atomic E-state index is 13.1. The number of ether oxygens (including phenoxy) is 1. The topological polar surface area (TPSA) is 66.8 Å². The molecular formula is C24H20ClNO4S. The van der Waals surface area contributed by atoms with Gasteiger partial charge in [0.25, 0.3) is 11.7 Å². The fraction of sp³-hybridized carbons (Fsp3) is 0.167. The van der Waals surface area contributed by atoms with Crippen molar-refractivity contribution in [2.24, 2.45) is 0 Å². The van der Waals surface area contributed by atoms with Crippen LogP contribution in [-0.4, -0.2) is 22.9 Å². The lowest BCUT2D eigenvalue weighted by Gasteiger charge is -2.24. The van der Waals surface area contributed by atoms with Crippen LogP contribution in [0.25, 0.3) is 5.76 Å². The number of hydrogen-bond acceptors (Lipinski definition) is 5. The Hall–Kier alpha value is -3.09. The van der Waals surface area contributed by atoms with Crippen molar-refractivity contribution in [2.45, 2.75) is 26.0 Å². The Morgan fingerprint density at radius 3 is 2.48 bits per heavy atom. The standard InChI is InChI=1S/C24H20ClNO4S/c1-14(2)30-18-6-3-5-15(13-18)22(27)20-21(19-7-4-12-31-19)26(24(29)23(20)28)17-10-8-16(25)9-11-17/h3-14,21,27H,1-2H3/b22-20-. The summed E-state index contributed by atoms with van der Waals surface area (Å²) in [7, 11) is 0. The summed E-state index contributed by atoms with van der Waals surface area (Å²) in [6.07, 6.45) is -0.0426. The fourth-order valence-electron chi connectivity index (χ4n) is 3.56. The quantitative estimate of drug-likeness (QED) is 0.300. The molecule has 0 saturated carbocycles. The van der Waals surface area contributed by atoms with Crippen molar-refractivity contribution in [2.75, 3.05) is 4.90 Å². The van der Waals surface area contributed by atoms with Gasteiger partial charge in [-0.2, -0.15) is 0 Å². The van der Waals surface area contributed by atoms with Crippen LogP contribution in [0.1, 0.15) is 30.3 Å². The summed E-state index contributed by atoms with van der Waals surface area (Å²) < 4.78 is 5.71. The molecule has 0 aliphatic carbocycles. The van der Waals surface area contributed by atoms with Crippen molar-refractivity contribution < 1.29 is 19.4 Å². The predicted molar refractivity (Wildman–Crippen MR) is 123 cm³/mol. The first-order valence-electron chi connectivity index (χ1n) is 9.74. The molecule has 0 spiro atoms. The van der Waals surface area contributed by atoms with E-state index in [2.05, 4.69) is 0 Å². The van der Waals surface area contributed by atoms with E-state index in [4.69, 9.17) is 16.3 Å². The minimum absolute atomic E-state index is 0.0426. The number of ketones is 1. The molecule has 1 N–H and O–H groups in total. The Balaban J connectivity index is 1.86. The summed E-state index contributed by atoms with van der Waals surface area (Å²) in [6.45, 7) is 3.81. The molecule has 1 amide bonds. The van der Waals surface area contributed by atoms with Gasteiger partial charge < -0.3 is 9.84 Å². The van der Waals surface area contributed by atoms with Crippen molar-refractivity contribution in [1.82, 2.24) is 0 Å². The zero-order valence-corrected chi connectivity index (χ0v) is 18.5. The number of Topliss-reactive ketones (excluding diaryl/α,β-unsaturated/α-hetero) is 1. The Bertz CT molecular complexity index is 1150. The number of amides is 1. The van der Waals surface area contributed by atoms with Crippen molar-refractivity contribution in [3.05, 3.63) is 87.1 Å². The summed E-state index contributed by atoms with van der Waals surface area (Å²) in [6, 6.07) is 16.5. The Morgan fingerprint density at radius 1 is 1.10 bits per heavy atom. The molecule has 2 heterocycles. The summed E-state index contributed by atoms with van der Waals surface area (Å²) in [4.78, 5) is 28.3. The predicted octanol–water partition coefficient (Wildman–Crippen LogP) is 5.82. The van der Waals surface area contributed by atoms with Crippen LogP contribution in [0.5, 0.6) is 5.75 Å².